The van der Waals surface area contributed by atoms with E-state index in [0.717, 1.165) is 15.9 Å². The van der Waals surface area contributed by atoms with Gasteiger partial charge in [-0.2, -0.15) is 4.80 Å². The van der Waals surface area contributed by atoms with Gasteiger partial charge in [-0.25, -0.2) is 9.59 Å². The molecular weight excluding hydrogens is 328 g/mol. The molecule has 0 saturated heterocycles. The van der Waals surface area contributed by atoms with Crippen LogP contribution in [0.1, 0.15) is 12.5 Å². The number of imide groups is 1. The highest BCUT2D eigenvalue weighted by atomic mass is 16.5. The molecule has 0 radical (unpaired) electrons. The Morgan fingerprint density at radius 3 is 2.60 bits per heavy atom. The van der Waals surface area contributed by atoms with Crippen LogP contribution in [0.3, 0.4) is 0 Å². The number of carbonyl (C=O) groups is 3. The number of amides is 3. The fourth-order valence-electron chi connectivity index (χ4n) is 1.80. The Kier molecular flexibility index (Phi) is 6.15. The SMILES string of the molecule is CCNC(=O)NC(=O)COC(=O)Cn1nnc(-c2ccc(C)cc2)n1. The summed E-state index contributed by atoms with van der Waals surface area (Å²) in [4.78, 5) is 35.3. The molecule has 0 aliphatic heterocycles. The van der Waals surface area contributed by atoms with Gasteiger partial charge in [-0.1, -0.05) is 29.8 Å². The summed E-state index contributed by atoms with van der Waals surface area (Å²) in [5, 5.41) is 16.1. The van der Waals surface area contributed by atoms with E-state index < -0.39 is 24.5 Å². The first-order chi connectivity index (χ1) is 12.0. The number of rotatable bonds is 6. The molecule has 0 aliphatic rings. The third-order valence-corrected chi connectivity index (χ3v) is 2.99. The summed E-state index contributed by atoms with van der Waals surface area (Å²) >= 11 is 0. The number of aryl methyl sites for hydroxylation is 1. The Balaban J connectivity index is 1.82. The molecule has 1 heterocycles. The highest BCUT2D eigenvalue weighted by Crippen LogP contribution is 2.13. The lowest BCUT2D eigenvalue weighted by atomic mass is 10.1. The van der Waals surface area contributed by atoms with Crippen LogP contribution in [0.25, 0.3) is 11.4 Å². The summed E-state index contributed by atoms with van der Waals surface area (Å²) in [6.45, 7) is 3.18. The van der Waals surface area contributed by atoms with Crippen LogP contribution in [0.5, 0.6) is 0 Å². The lowest BCUT2D eigenvalue weighted by Gasteiger charge is -2.05. The van der Waals surface area contributed by atoms with Crippen molar-refractivity contribution in [3.05, 3.63) is 29.8 Å². The Hall–Kier alpha value is -3.30. The second-order valence-electron chi connectivity index (χ2n) is 5.08. The van der Waals surface area contributed by atoms with Crippen molar-refractivity contribution in [3.8, 4) is 11.4 Å². The number of ether oxygens (including phenoxy) is 1. The van der Waals surface area contributed by atoms with E-state index in [4.69, 9.17) is 4.74 Å². The molecule has 2 rings (SSSR count). The minimum atomic E-state index is -0.730. The molecule has 0 spiro atoms. The highest BCUT2D eigenvalue weighted by molar-refractivity contribution is 5.95. The number of tetrazole rings is 1. The van der Waals surface area contributed by atoms with Crippen molar-refractivity contribution in [2.45, 2.75) is 20.4 Å². The van der Waals surface area contributed by atoms with Crippen molar-refractivity contribution in [2.24, 2.45) is 0 Å². The number of aromatic nitrogens is 4. The fraction of sp³-hybridized carbons (Fsp3) is 0.333. The summed E-state index contributed by atoms with van der Waals surface area (Å²) in [5.74, 6) is -1.08. The largest absolute Gasteiger partial charge is 0.454 e. The van der Waals surface area contributed by atoms with Gasteiger partial charge in [0.05, 0.1) is 0 Å². The summed E-state index contributed by atoms with van der Waals surface area (Å²) in [6, 6.07) is 6.88. The summed E-state index contributed by atoms with van der Waals surface area (Å²) in [7, 11) is 0. The lowest BCUT2D eigenvalue weighted by molar-refractivity contribution is -0.149. The molecule has 10 nitrogen and oxygen atoms in total. The number of benzene rings is 1. The van der Waals surface area contributed by atoms with E-state index >= 15 is 0 Å². The van der Waals surface area contributed by atoms with Crippen LogP contribution in [-0.2, 0) is 20.9 Å². The third kappa shape index (κ3) is 5.68. The number of nitrogens with one attached hydrogen (secondary N) is 2. The first-order valence-corrected chi connectivity index (χ1v) is 7.56. The van der Waals surface area contributed by atoms with Crippen LogP contribution in [0.4, 0.5) is 4.79 Å². The van der Waals surface area contributed by atoms with Crippen LogP contribution >= 0.6 is 0 Å². The zero-order chi connectivity index (χ0) is 18.2. The molecule has 3 amide bonds. The monoisotopic (exact) mass is 346 g/mol. The maximum absolute atomic E-state index is 11.7. The minimum absolute atomic E-state index is 0.298. The second-order valence-corrected chi connectivity index (χ2v) is 5.08. The predicted octanol–water partition coefficient (Wildman–Crippen LogP) is 0.0374. The van der Waals surface area contributed by atoms with Gasteiger partial charge in [-0.3, -0.25) is 10.1 Å². The van der Waals surface area contributed by atoms with Gasteiger partial charge in [0, 0.05) is 12.1 Å². The van der Waals surface area contributed by atoms with E-state index in [1.165, 1.54) is 0 Å². The van der Waals surface area contributed by atoms with Gasteiger partial charge < -0.3 is 10.1 Å². The smallest absolute Gasteiger partial charge is 0.330 e. The van der Waals surface area contributed by atoms with Crippen molar-refractivity contribution in [3.63, 3.8) is 0 Å². The van der Waals surface area contributed by atoms with Crippen LogP contribution < -0.4 is 10.6 Å². The first-order valence-electron chi connectivity index (χ1n) is 7.56. The maximum atomic E-state index is 11.7. The molecule has 2 aromatic rings. The number of hydrogen-bond acceptors (Lipinski definition) is 7. The number of carbonyl (C=O) groups excluding carboxylic acids is 3. The summed E-state index contributed by atoms with van der Waals surface area (Å²) < 4.78 is 4.76. The normalized spacial score (nSPS) is 10.2. The number of esters is 1. The maximum Gasteiger partial charge on any atom is 0.330 e. The number of nitrogens with zero attached hydrogens (tertiary/aromatic N) is 4. The average Bonchev–Trinajstić information content (AvgIpc) is 3.02. The molecule has 132 valence electrons. The standard InChI is InChI=1S/C15H18N6O4/c1-3-16-15(24)17-12(22)9-25-13(23)8-21-19-14(18-20-21)11-6-4-10(2)5-7-11/h4-7H,3,8-9H2,1-2H3,(H2,16,17,22,24). The Morgan fingerprint density at radius 1 is 1.20 bits per heavy atom. The van der Waals surface area contributed by atoms with E-state index in [2.05, 4.69) is 20.7 Å². The molecule has 10 heteroatoms. The Labute approximate surface area is 143 Å². The second kappa shape index (κ2) is 8.52. The molecule has 0 fully saturated rings. The zero-order valence-corrected chi connectivity index (χ0v) is 13.9. The molecule has 0 aliphatic carbocycles. The molecule has 0 unspecified atom stereocenters. The van der Waals surface area contributed by atoms with Crippen LogP contribution in [-0.4, -0.2) is 51.3 Å². The predicted molar refractivity (Wildman–Crippen MR) is 86.2 cm³/mol. The summed E-state index contributed by atoms with van der Waals surface area (Å²) in [6.07, 6.45) is 0. The Morgan fingerprint density at radius 2 is 1.92 bits per heavy atom. The van der Waals surface area contributed by atoms with Crippen molar-refractivity contribution >= 4 is 17.9 Å². The van der Waals surface area contributed by atoms with Gasteiger partial charge in [0.15, 0.2) is 13.2 Å². The van der Waals surface area contributed by atoms with Crippen molar-refractivity contribution in [1.82, 2.24) is 30.8 Å². The van der Waals surface area contributed by atoms with E-state index in [1.807, 2.05) is 36.5 Å². The number of urea groups is 1. The summed E-state index contributed by atoms with van der Waals surface area (Å²) in [5.41, 5.74) is 1.87. The first kappa shape index (κ1) is 18.0. The minimum Gasteiger partial charge on any atom is -0.454 e. The quantitative estimate of drug-likeness (QED) is 0.707. The van der Waals surface area contributed by atoms with E-state index in [1.54, 1.807) is 6.92 Å². The molecule has 2 N–H and O–H groups in total. The molecular formula is C15H18N6O4. The van der Waals surface area contributed by atoms with Crippen molar-refractivity contribution in [1.29, 1.82) is 0 Å². The van der Waals surface area contributed by atoms with E-state index in [9.17, 15) is 14.4 Å². The molecule has 25 heavy (non-hydrogen) atoms. The fourth-order valence-corrected chi connectivity index (χ4v) is 1.80. The average molecular weight is 346 g/mol. The van der Waals surface area contributed by atoms with Gasteiger partial charge in [0.25, 0.3) is 5.91 Å². The van der Waals surface area contributed by atoms with Crippen LogP contribution in [0.2, 0.25) is 0 Å². The van der Waals surface area contributed by atoms with Crippen molar-refractivity contribution in [2.75, 3.05) is 13.2 Å². The molecule has 1 aromatic carbocycles. The van der Waals surface area contributed by atoms with Gasteiger partial charge in [0.1, 0.15) is 0 Å². The topological polar surface area (TPSA) is 128 Å². The molecule has 0 bridgehead atoms. The molecule has 0 saturated carbocycles. The highest BCUT2D eigenvalue weighted by Gasteiger charge is 2.13. The van der Waals surface area contributed by atoms with E-state index in [0.29, 0.717) is 12.4 Å². The lowest BCUT2D eigenvalue weighted by Crippen LogP contribution is -2.41. The van der Waals surface area contributed by atoms with Crippen LogP contribution in [0, 0.1) is 6.92 Å². The molecule has 0 atom stereocenters. The third-order valence-electron chi connectivity index (χ3n) is 2.99. The number of hydrogen-bond donors (Lipinski definition) is 2. The van der Waals surface area contributed by atoms with Crippen LogP contribution in [0.15, 0.2) is 24.3 Å². The van der Waals surface area contributed by atoms with Crippen molar-refractivity contribution < 1.29 is 19.1 Å². The zero-order valence-electron chi connectivity index (χ0n) is 13.9. The molecule has 1 aromatic heterocycles. The van der Waals surface area contributed by atoms with Gasteiger partial charge in [0.2, 0.25) is 5.82 Å². The Bertz CT molecular complexity index is 756. The van der Waals surface area contributed by atoms with Gasteiger partial charge in [-0.05, 0) is 19.1 Å². The van der Waals surface area contributed by atoms with E-state index in [-0.39, 0.29) is 6.54 Å². The van der Waals surface area contributed by atoms with Gasteiger partial charge >= 0.3 is 12.0 Å². The van der Waals surface area contributed by atoms with Gasteiger partial charge in [-0.15, -0.1) is 10.2 Å².